The minimum atomic E-state index is 0.101. The fraction of sp³-hybridized carbons (Fsp3) is 0.294. The third kappa shape index (κ3) is 2.25. The van der Waals surface area contributed by atoms with Crippen LogP contribution in [0.5, 0.6) is 11.5 Å². The average molecular weight is 269 g/mol. The molecule has 2 aromatic rings. The summed E-state index contributed by atoms with van der Waals surface area (Å²) in [4.78, 5) is 0. The number of rotatable bonds is 3. The Morgan fingerprint density at radius 2 is 2.00 bits per heavy atom. The van der Waals surface area contributed by atoms with E-state index in [0.29, 0.717) is 6.54 Å². The summed E-state index contributed by atoms with van der Waals surface area (Å²) in [7, 11) is 1.67. The molecule has 104 valence electrons. The summed E-state index contributed by atoms with van der Waals surface area (Å²) in [5, 5.41) is 0. The highest BCUT2D eigenvalue weighted by Gasteiger charge is 2.25. The fourth-order valence-electron chi connectivity index (χ4n) is 2.71. The Morgan fingerprint density at radius 3 is 2.65 bits per heavy atom. The van der Waals surface area contributed by atoms with Gasteiger partial charge in [-0.15, -0.1) is 0 Å². The van der Waals surface area contributed by atoms with Gasteiger partial charge in [0, 0.05) is 18.5 Å². The molecule has 0 radical (unpaired) electrons. The number of ether oxygens (including phenoxy) is 2. The number of nitrogens with two attached hydrogens (primary N) is 1. The molecule has 0 saturated heterocycles. The van der Waals surface area contributed by atoms with Crippen molar-refractivity contribution in [2.24, 2.45) is 5.73 Å². The first-order valence-electron chi connectivity index (χ1n) is 6.86. The van der Waals surface area contributed by atoms with Gasteiger partial charge in [0.2, 0.25) is 0 Å². The molecule has 0 aromatic heterocycles. The average Bonchev–Trinajstić information content (AvgIpc) is 2.89. The van der Waals surface area contributed by atoms with Crippen LogP contribution in [0.15, 0.2) is 36.4 Å². The summed E-state index contributed by atoms with van der Waals surface area (Å²) < 4.78 is 11.2. The van der Waals surface area contributed by atoms with Gasteiger partial charge >= 0.3 is 0 Å². The van der Waals surface area contributed by atoms with E-state index in [-0.39, 0.29) is 6.10 Å². The van der Waals surface area contributed by atoms with E-state index < -0.39 is 0 Å². The molecule has 20 heavy (non-hydrogen) atoms. The van der Waals surface area contributed by atoms with Crippen molar-refractivity contribution in [3.05, 3.63) is 47.5 Å². The minimum absolute atomic E-state index is 0.101. The van der Waals surface area contributed by atoms with E-state index >= 15 is 0 Å². The molecule has 0 amide bonds. The second-order valence-electron chi connectivity index (χ2n) is 5.21. The van der Waals surface area contributed by atoms with Gasteiger partial charge in [0.15, 0.2) is 0 Å². The molecular formula is C17H19NO2. The predicted molar refractivity (Wildman–Crippen MR) is 80.3 cm³/mol. The lowest BCUT2D eigenvalue weighted by atomic mass is 9.98. The zero-order valence-corrected chi connectivity index (χ0v) is 11.8. The standard InChI is InChI=1S/C17H19NO2/c1-11-7-13-9-15(10-18)20-17(13)16(8-11)12-3-5-14(19-2)6-4-12/h3-8,15H,9-10,18H2,1-2H3/t15-/m1/s1. The van der Waals surface area contributed by atoms with Crippen molar-refractivity contribution in [1.29, 1.82) is 0 Å². The molecule has 1 heterocycles. The van der Waals surface area contributed by atoms with Crippen molar-refractivity contribution in [2.75, 3.05) is 13.7 Å². The number of hydrogen-bond acceptors (Lipinski definition) is 3. The maximum atomic E-state index is 6.00. The Hall–Kier alpha value is -2.00. The van der Waals surface area contributed by atoms with Gasteiger partial charge in [0.25, 0.3) is 0 Å². The third-order valence-corrected chi connectivity index (χ3v) is 3.71. The monoisotopic (exact) mass is 269 g/mol. The van der Waals surface area contributed by atoms with Crippen LogP contribution in [0.25, 0.3) is 11.1 Å². The van der Waals surface area contributed by atoms with E-state index in [0.717, 1.165) is 29.0 Å². The summed E-state index contributed by atoms with van der Waals surface area (Å²) in [6, 6.07) is 12.4. The van der Waals surface area contributed by atoms with E-state index in [1.165, 1.54) is 11.1 Å². The molecule has 3 rings (SSSR count). The second-order valence-corrected chi connectivity index (χ2v) is 5.21. The normalized spacial score (nSPS) is 16.6. The van der Waals surface area contributed by atoms with Gasteiger partial charge < -0.3 is 15.2 Å². The first-order chi connectivity index (χ1) is 9.71. The van der Waals surface area contributed by atoms with Crippen LogP contribution in [0.1, 0.15) is 11.1 Å². The molecule has 0 spiro atoms. The SMILES string of the molecule is COc1ccc(-c2cc(C)cc3c2O[C@@H](CN)C3)cc1. The maximum Gasteiger partial charge on any atom is 0.130 e. The van der Waals surface area contributed by atoms with Gasteiger partial charge in [-0.25, -0.2) is 0 Å². The van der Waals surface area contributed by atoms with Crippen LogP contribution in [0.3, 0.4) is 0 Å². The van der Waals surface area contributed by atoms with Gasteiger partial charge in [-0.1, -0.05) is 18.2 Å². The van der Waals surface area contributed by atoms with Crippen molar-refractivity contribution >= 4 is 0 Å². The maximum absolute atomic E-state index is 6.00. The van der Waals surface area contributed by atoms with Crippen molar-refractivity contribution < 1.29 is 9.47 Å². The Morgan fingerprint density at radius 1 is 1.25 bits per heavy atom. The lowest BCUT2D eigenvalue weighted by Gasteiger charge is -2.12. The Balaban J connectivity index is 2.05. The molecule has 0 fully saturated rings. The van der Waals surface area contributed by atoms with E-state index in [2.05, 4.69) is 31.2 Å². The zero-order valence-electron chi connectivity index (χ0n) is 11.8. The van der Waals surface area contributed by atoms with Crippen LogP contribution in [-0.4, -0.2) is 19.8 Å². The van der Waals surface area contributed by atoms with E-state index in [4.69, 9.17) is 15.2 Å². The van der Waals surface area contributed by atoms with Crippen LogP contribution in [0.4, 0.5) is 0 Å². The van der Waals surface area contributed by atoms with Crippen molar-refractivity contribution in [3.63, 3.8) is 0 Å². The van der Waals surface area contributed by atoms with Gasteiger partial charge in [0.05, 0.1) is 7.11 Å². The molecule has 3 heteroatoms. The molecule has 0 aliphatic carbocycles. The quantitative estimate of drug-likeness (QED) is 0.931. The van der Waals surface area contributed by atoms with Crippen molar-refractivity contribution in [3.8, 4) is 22.6 Å². The highest BCUT2D eigenvalue weighted by molar-refractivity contribution is 5.74. The smallest absolute Gasteiger partial charge is 0.130 e. The van der Waals surface area contributed by atoms with Gasteiger partial charge in [0.1, 0.15) is 17.6 Å². The summed E-state index contributed by atoms with van der Waals surface area (Å²) in [5.74, 6) is 1.84. The lowest BCUT2D eigenvalue weighted by molar-refractivity contribution is 0.242. The molecule has 0 bridgehead atoms. The molecule has 1 atom stereocenters. The summed E-state index contributed by atoms with van der Waals surface area (Å²) in [5.41, 5.74) is 10.5. The van der Waals surface area contributed by atoms with Crippen LogP contribution >= 0.6 is 0 Å². The van der Waals surface area contributed by atoms with E-state index in [1.807, 2.05) is 12.1 Å². The topological polar surface area (TPSA) is 44.5 Å². The fourth-order valence-corrected chi connectivity index (χ4v) is 2.71. The van der Waals surface area contributed by atoms with E-state index in [1.54, 1.807) is 7.11 Å². The first-order valence-corrected chi connectivity index (χ1v) is 6.86. The lowest BCUT2D eigenvalue weighted by Crippen LogP contribution is -2.24. The summed E-state index contributed by atoms with van der Waals surface area (Å²) >= 11 is 0. The Bertz CT molecular complexity index is 620. The number of hydrogen-bond donors (Lipinski definition) is 1. The number of fused-ring (bicyclic) bond motifs is 1. The number of benzene rings is 2. The highest BCUT2D eigenvalue weighted by Crippen LogP contribution is 2.40. The predicted octanol–water partition coefficient (Wildman–Crippen LogP) is 2.93. The second kappa shape index (κ2) is 5.17. The highest BCUT2D eigenvalue weighted by atomic mass is 16.5. The molecule has 2 N–H and O–H groups in total. The van der Waals surface area contributed by atoms with Crippen LogP contribution < -0.4 is 15.2 Å². The minimum Gasteiger partial charge on any atom is -0.497 e. The van der Waals surface area contributed by atoms with Crippen LogP contribution in [-0.2, 0) is 6.42 Å². The molecule has 3 nitrogen and oxygen atoms in total. The number of methoxy groups -OCH3 is 1. The molecule has 0 unspecified atom stereocenters. The molecule has 1 aliphatic rings. The summed E-state index contributed by atoms with van der Waals surface area (Å²) in [6.07, 6.45) is 1.00. The van der Waals surface area contributed by atoms with Crippen molar-refractivity contribution in [2.45, 2.75) is 19.4 Å². The zero-order chi connectivity index (χ0) is 14.1. The van der Waals surface area contributed by atoms with Gasteiger partial charge in [-0.3, -0.25) is 0 Å². The Kier molecular flexibility index (Phi) is 3.36. The molecule has 2 aromatic carbocycles. The third-order valence-electron chi connectivity index (χ3n) is 3.71. The van der Waals surface area contributed by atoms with Crippen molar-refractivity contribution in [1.82, 2.24) is 0 Å². The van der Waals surface area contributed by atoms with Gasteiger partial charge in [-0.05, 0) is 41.8 Å². The van der Waals surface area contributed by atoms with E-state index in [9.17, 15) is 0 Å². The molecule has 1 aliphatic heterocycles. The van der Waals surface area contributed by atoms with Crippen LogP contribution in [0, 0.1) is 6.92 Å². The molecule has 0 saturated carbocycles. The Labute approximate surface area is 119 Å². The molecular weight excluding hydrogens is 250 g/mol. The number of aryl methyl sites for hydroxylation is 1. The first kappa shape index (κ1) is 13.0. The van der Waals surface area contributed by atoms with Crippen LogP contribution in [0.2, 0.25) is 0 Å². The summed E-state index contributed by atoms with van der Waals surface area (Å²) in [6.45, 7) is 2.67. The largest absolute Gasteiger partial charge is 0.497 e. The van der Waals surface area contributed by atoms with Gasteiger partial charge in [-0.2, -0.15) is 0 Å².